The molecule has 2 heterocycles. The summed E-state index contributed by atoms with van der Waals surface area (Å²) < 4.78 is 22.2. The van der Waals surface area contributed by atoms with Crippen LogP contribution in [0.2, 0.25) is 0 Å². The van der Waals surface area contributed by atoms with Gasteiger partial charge in [0.05, 0.1) is 11.8 Å². The third kappa shape index (κ3) is 4.76. The molecule has 198 valence electrons. The van der Waals surface area contributed by atoms with E-state index in [1.54, 1.807) is 17.1 Å². The van der Waals surface area contributed by atoms with Crippen LogP contribution in [-0.2, 0) is 4.79 Å². The molecular formula is C29H27FN6O3. The summed E-state index contributed by atoms with van der Waals surface area (Å²) in [5.74, 6) is -0.937. The lowest BCUT2D eigenvalue weighted by molar-refractivity contribution is -0.130. The first-order valence-corrected chi connectivity index (χ1v) is 12.9. The number of rotatable bonds is 6. The van der Waals surface area contributed by atoms with Crippen molar-refractivity contribution >= 4 is 22.8 Å². The molecule has 2 aliphatic carbocycles. The highest BCUT2D eigenvalue weighted by atomic mass is 19.1. The molecule has 2 aromatic carbocycles. The van der Waals surface area contributed by atoms with Crippen molar-refractivity contribution in [3.8, 4) is 22.9 Å². The van der Waals surface area contributed by atoms with Crippen molar-refractivity contribution in [3.05, 3.63) is 66.9 Å². The first kappa shape index (κ1) is 24.8. The normalized spacial score (nSPS) is 23.6. The molecule has 0 atom stereocenters. The maximum Gasteiger partial charge on any atom is 0.287 e. The quantitative estimate of drug-likeness (QED) is 0.378. The van der Waals surface area contributed by atoms with Gasteiger partial charge in [0.15, 0.2) is 5.76 Å². The molecule has 9 nitrogen and oxygen atoms in total. The van der Waals surface area contributed by atoms with Crippen molar-refractivity contribution in [2.24, 2.45) is 0 Å². The summed E-state index contributed by atoms with van der Waals surface area (Å²) in [6.45, 7) is 1.51. The van der Waals surface area contributed by atoms with E-state index in [0.717, 1.165) is 22.2 Å². The van der Waals surface area contributed by atoms with Crippen LogP contribution in [0.1, 0.15) is 56.0 Å². The summed E-state index contributed by atoms with van der Waals surface area (Å²) in [7, 11) is 0. The van der Waals surface area contributed by atoms with Gasteiger partial charge in [0, 0.05) is 5.39 Å². The van der Waals surface area contributed by atoms with Gasteiger partial charge in [0.25, 0.3) is 5.91 Å². The smallest absolute Gasteiger partial charge is 0.287 e. The number of amides is 2. The molecule has 2 aromatic heterocycles. The molecule has 4 aromatic rings. The van der Waals surface area contributed by atoms with E-state index in [2.05, 4.69) is 26.8 Å². The minimum atomic E-state index is -1.41. The summed E-state index contributed by atoms with van der Waals surface area (Å²) >= 11 is 0. The highest BCUT2D eigenvalue weighted by Crippen LogP contribution is 2.40. The summed E-state index contributed by atoms with van der Waals surface area (Å²) in [5, 5.41) is 20.0. The Morgan fingerprint density at radius 3 is 2.36 bits per heavy atom. The lowest BCUT2D eigenvalue weighted by Crippen LogP contribution is -2.63. The van der Waals surface area contributed by atoms with E-state index in [1.165, 1.54) is 13.3 Å². The van der Waals surface area contributed by atoms with Crippen LogP contribution in [0.5, 0.6) is 0 Å². The molecule has 10 heteroatoms. The Morgan fingerprint density at radius 2 is 1.72 bits per heavy atom. The minimum Gasteiger partial charge on any atom is -0.451 e. The fraction of sp³-hybridized carbons (Fsp3) is 0.345. The number of fused-ring (bicyclic) bond motifs is 1. The number of nitrogens with zero attached hydrogens (tertiary/aromatic N) is 4. The maximum atomic E-state index is 14.6. The van der Waals surface area contributed by atoms with Gasteiger partial charge in [0.1, 0.15) is 35.0 Å². The highest BCUT2D eigenvalue weighted by Gasteiger charge is 2.52. The summed E-state index contributed by atoms with van der Waals surface area (Å²) in [6, 6.07) is 17.3. The SMILES string of the molecule is CC1(F)CCC(NC(=O)c2cc3ccc(-c4ccc(-n5cncn5)cc4)cc3o2)(C(=O)NC2(C#N)CC2)CC1. The largest absolute Gasteiger partial charge is 0.451 e. The first-order valence-electron chi connectivity index (χ1n) is 12.9. The van der Waals surface area contributed by atoms with Crippen molar-refractivity contribution < 1.29 is 18.4 Å². The lowest BCUT2D eigenvalue weighted by atomic mass is 9.74. The number of nitrogens with one attached hydrogen (secondary N) is 2. The van der Waals surface area contributed by atoms with Gasteiger partial charge in [-0.05, 0) is 80.8 Å². The minimum absolute atomic E-state index is 0.0610. The van der Waals surface area contributed by atoms with E-state index in [4.69, 9.17) is 4.42 Å². The zero-order valence-corrected chi connectivity index (χ0v) is 21.4. The Labute approximate surface area is 224 Å². The molecule has 0 aliphatic heterocycles. The number of hydrogen-bond donors (Lipinski definition) is 2. The van der Waals surface area contributed by atoms with Gasteiger partial charge >= 0.3 is 0 Å². The van der Waals surface area contributed by atoms with Crippen LogP contribution in [0.15, 0.2) is 65.6 Å². The van der Waals surface area contributed by atoms with E-state index in [-0.39, 0.29) is 31.4 Å². The third-order valence-corrected chi connectivity index (χ3v) is 7.88. The molecule has 0 unspecified atom stereocenters. The molecule has 39 heavy (non-hydrogen) atoms. The van der Waals surface area contributed by atoms with Crippen LogP contribution in [-0.4, -0.2) is 43.3 Å². The van der Waals surface area contributed by atoms with Crippen LogP contribution < -0.4 is 10.6 Å². The molecule has 0 spiro atoms. The zero-order valence-electron chi connectivity index (χ0n) is 21.4. The van der Waals surface area contributed by atoms with Gasteiger partial charge in [-0.25, -0.2) is 14.1 Å². The van der Waals surface area contributed by atoms with Crippen molar-refractivity contribution in [2.75, 3.05) is 0 Å². The second kappa shape index (κ2) is 9.05. The van der Waals surface area contributed by atoms with Crippen LogP contribution in [0, 0.1) is 11.3 Å². The van der Waals surface area contributed by atoms with Gasteiger partial charge in [-0.1, -0.05) is 24.3 Å². The van der Waals surface area contributed by atoms with Gasteiger partial charge in [-0.15, -0.1) is 0 Å². The van der Waals surface area contributed by atoms with Crippen molar-refractivity contribution in [2.45, 2.75) is 62.2 Å². The Bertz CT molecular complexity index is 1590. The second-order valence-electron chi connectivity index (χ2n) is 10.8. The fourth-order valence-corrected chi connectivity index (χ4v) is 5.08. The number of carbonyl (C=O) groups excluding carboxylic acids is 2. The molecule has 0 radical (unpaired) electrons. The van der Waals surface area contributed by atoms with E-state index in [9.17, 15) is 19.2 Å². The summed E-state index contributed by atoms with van der Waals surface area (Å²) in [6.07, 6.45) is 4.75. The van der Waals surface area contributed by atoms with E-state index in [0.29, 0.717) is 18.4 Å². The van der Waals surface area contributed by atoms with Gasteiger partial charge in [0.2, 0.25) is 5.91 Å². The van der Waals surface area contributed by atoms with Crippen LogP contribution in [0.4, 0.5) is 4.39 Å². The fourth-order valence-electron chi connectivity index (χ4n) is 5.08. The monoisotopic (exact) mass is 526 g/mol. The number of halogens is 1. The Balaban J connectivity index is 1.23. The second-order valence-corrected chi connectivity index (χ2v) is 10.8. The number of benzene rings is 2. The molecule has 2 fully saturated rings. The molecule has 0 saturated heterocycles. The molecule has 0 bridgehead atoms. The van der Waals surface area contributed by atoms with E-state index in [1.807, 2.05) is 42.5 Å². The van der Waals surface area contributed by atoms with Crippen LogP contribution in [0.3, 0.4) is 0 Å². The predicted molar refractivity (Wildman–Crippen MR) is 140 cm³/mol. The number of hydrogen-bond acceptors (Lipinski definition) is 6. The number of furan rings is 1. The zero-order chi connectivity index (χ0) is 27.3. The van der Waals surface area contributed by atoms with Gasteiger partial charge in [-0.3, -0.25) is 9.59 Å². The molecule has 2 amide bonds. The number of aromatic nitrogens is 3. The average molecular weight is 527 g/mol. The Hall–Kier alpha value is -4.52. The maximum absolute atomic E-state index is 14.6. The first-order chi connectivity index (χ1) is 18.7. The summed E-state index contributed by atoms with van der Waals surface area (Å²) in [5.41, 5.74) is -0.347. The number of carbonyl (C=O) groups is 2. The van der Waals surface area contributed by atoms with Crippen LogP contribution >= 0.6 is 0 Å². The summed E-state index contributed by atoms with van der Waals surface area (Å²) in [4.78, 5) is 30.7. The Kier molecular flexibility index (Phi) is 5.75. The average Bonchev–Trinajstić information content (AvgIpc) is 3.30. The topological polar surface area (TPSA) is 126 Å². The van der Waals surface area contributed by atoms with E-state index < -0.39 is 28.6 Å². The number of nitriles is 1. The molecule has 6 rings (SSSR count). The third-order valence-electron chi connectivity index (χ3n) is 7.88. The van der Waals surface area contributed by atoms with Crippen molar-refractivity contribution in [1.29, 1.82) is 5.26 Å². The standard InChI is InChI=1S/C29H27FN6O3/c1-27(30)8-12-29(13-9-27,26(38)35-28(16-31)10-11-28)34-25(37)24-15-21-3-2-20(14-23(21)39-24)19-4-6-22(7-5-19)36-18-32-17-33-36/h2-7,14-15,17-18H,8-13H2,1H3,(H,34,37)(H,35,38). The number of alkyl halides is 1. The van der Waals surface area contributed by atoms with Gasteiger partial charge < -0.3 is 15.1 Å². The molecule has 2 aliphatic rings. The van der Waals surface area contributed by atoms with Gasteiger partial charge in [-0.2, -0.15) is 10.4 Å². The molecular weight excluding hydrogens is 499 g/mol. The Morgan fingerprint density at radius 1 is 1.00 bits per heavy atom. The van der Waals surface area contributed by atoms with E-state index >= 15 is 0 Å². The van der Waals surface area contributed by atoms with Crippen molar-refractivity contribution in [1.82, 2.24) is 25.4 Å². The molecule has 2 saturated carbocycles. The van der Waals surface area contributed by atoms with Crippen LogP contribution in [0.25, 0.3) is 27.8 Å². The highest BCUT2D eigenvalue weighted by molar-refractivity contribution is 6.00. The van der Waals surface area contributed by atoms with Crippen molar-refractivity contribution in [3.63, 3.8) is 0 Å². The predicted octanol–water partition coefficient (Wildman–Crippen LogP) is 4.62. The lowest BCUT2D eigenvalue weighted by Gasteiger charge is -2.41. The molecule has 2 N–H and O–H groups in total.